The SMILES string of the molecule is Cc1ccoc1CSCCCCCS. The van der Waals surface area contributed by atoms with E-state index in [1.807, 2.05) is 17.8 Å². The Balaban J connectivity index is 2.02. The van der Waals surface area contributed by atoms with Gasteiger partial charge >= 0.3 is 0 Å². The zero-order valence-corrected chi connectivity index (χ0v) is 10.4. The van der Waals surface area contributed by atoms with Crippen molar-refractivity contribution < 1.29 is 4.42 Å². The number of hydrogen-bond acceptors (Lipinski definition) is 3. The van der Waals surface area contributed by atoms with Gasteiger partial charge < -0.3 is 4.42 Å². The molecule has 80 valence electrons. The van der Waals surface area contributed by atoms with Gasteiger partial charge in [0, 0.05) is 0 Å². The lowest BCUT2D eigenvalue weighted by Gasteiger charge is -2.00. The molecule has 0 bridgehead atoms. The highest BCUT2D eigenvalue weighted by Crippen LogP contribution is 2.18. The minimum Gasteiger partial charge on any atom is -0.468 e. The molecular weight excluding hydrogens is 212 g/mol. The van der Waals surface area contributed by atoms with Crippen molar-refractivity contribution in [2.75, 3.05) is 11.5 Å². The Kier molecular flexibility index (Phi) is 6.28. The summed E-state index contributed by atoms with van der Waals surface area (Å²) in [6, 6.07) is 2.02. The number of furan rings is 1. The van der Waals surface area contributed by atoms with Crippen LogP contribution in [0, 0.1) is 6.92 Å². The standard InChI is InChI=1S/C11H18OS2/c1-10-5-6-12-11(10)9-14-8-4-2-3-7-13/h5-6,13H,2-4,7-9H2,1H3. The van der Waals surface area contributed by atoms with Gasteiger partial charge in [-0.05, 0) is 42.9 Å². The fourth-order valence-electron chi connectivity index (χ4n) is 1.21. The van der Waals surface area contributed by atoms with Crippen LogP contribution in [-0.2, 0) is 5.75 Å². The average molecular weight is 230 g/mol. The smallest absolute Gasteiger partial charge is 0.116 e. The van der Waals surface area contributed by atoms with Gasteiger partial charge in [0.05, 0.1) is 12.0 Å². The van der Waals surface area contributed by atoms with Crippen molar-refractivity contribution in [3.63, 3.8) is 0 Å². The fraction of sp³-hybridized carbons (Fsp3) is 0.636. The Morgan fingerprint density at radius 3 is 2.86 bits per heavy atom. The van der Waals surface area contributed by atoms with Gasteiger partial charge in [-0.25, -0.2) is 0 Å². The van der Waals surface area contributed by atoms with Crippen LogP contribution >= 0.6 is 24.4 Å². The van der Waals surface area contributed by atoms with Gasteiger partial charge in [0.2, 0.25) is 0 Å². The van der Waals surface area contributed by atoms with Crippen LogP contribution < -0.4 is 0 Å². The summed E-state index contributed by atoms with van der Waals surface area (Å²) in [5.41, 5.74) is 1.27. The number of thioether (sulfide) groups is 1. The normalized spacial score (nSPS) is 10.7. The molecule has 0 aliphatic heterocycles. The van der Waals surface area contributed by atoms with E-state index >= 15 is 0 Å². The van der Waals surface area contributed by atoms with Gasteiger partial charge in [0.15, 0.2) is 0 Å². The zero-order chi connectivity index (χ0) is 10.2. The molecule has 1 rings (SSSR count). The Bertz CT molecular complexity index is 245. The van der Waals surface area contributed by atoms with Gasteiger partial charge in [0.25, 0.3) is 0 Å². The van der Waals surface area contributed by atoms with Crippen molar-refractivity contribution in [3.05, 3.63) is 23.7 Å². The first kappa shape index (κ1) is 12.1. The Labute approximate surface area is 96.1 Å². The van der Waals surface area contributed by atoms with E-state index in [-0.39, 0.29) is 0 Å². The first-order valence-electron chi connectivity index (χ1n) is 5.06. The largest absolute Gasteiger partial charge is 0.468 e. The molecule has 0 fully saturated rings. The predicted molar refractivity (Wildman–Crippen MR) is 67.3 cm³/mol. The van der Waals surface area contributed by atoms with Crippen molar-refractivity contribution in [1.82, 2.24) is 0 Å². The molecule has 0 radical (unpaired) electrons. The summed E-state index contributed by atoms with van der Waals surface area (Å²) >= 11 is 6.14. The Morgan fingerprint density at radius 1 is 1.36 bits per heavy atom. The van der Waals surface area contributed by atoms with E-state index in [0.717, 1.165) is 17.3 Å². The lowest BCUT2D eigenvalue weighted by atomic mass is 10.3. The molecule has 0 unspecified atom stereocenters. The highest BCUT2D eigenvalue weighted by atomic mass is 32.2. The van der Waals surface area contributed by atoms with E-state index in [0.29, 0.717) is 0 Å². The van der Waals surface area contributed by atoms with Crippen molar-refractivity contribution in [2.24, 2.45) is 0 Å². The maximum Gasteiger partial charge on any atom is 0.116 e. The highest BCUT2D eigenvalue weighted by Gasteiger charge is 2.00. The summed E-state index contributed by atoms with van der Waals surface area (Å²) in [7, 11) is 0. The van der Waals surface area contributed by atoms with E-state index in [4.69, 9.17) is 4.42 Å². The van der Waals surface area contributed by atoms with Gasteiger partial charge in [-0.2, -0.15) is 24.4 Å². The summed E-state index contributed by atoms with van der Waals surface area (Å²) in [6.45, 7) is 2.10. The number of aryl methyl sites for hydroxylation is 1. The minimum absolute atomic E-state index is 1.01. The molecule has 0 N–H and O–H groups in total. The van der Waals surface area contributed by atoms with Crippen LogP contribution in [0.1, 0.15) is 30.6 Å². The van der Waals surface area contributed by atoms with E-state index < -0.39 is 0 Å². The molecule has 1 nitrogen and oxygen atoms in total. The van der Waals surface area contributed by atoms with Crippen molar-refractivity contribution in [1.29, 1.82) is 0 Å². The van der Waals surface area contributed by atoms with Crippen LogP contribution in [0.5, 0.6) is 0 Å². The molecule has 0 aliphatic rings. The summed E-state index contributed by atoms with van der Waals surface area (Å²) in [5.74, 6) is 4.39. The third-order valence-corrected chi connectivity index (χ3v) is 3.51. The molecule has 0 saturated carbocycles. The highest BCUT2D eigenvalue weighted by molar-refractivity contribution is 7.98. The van der Waals surface area contributed by atoms with Crippen molar-refractivity contribution >= 4 is 24.4 Å². The molecule has 1 aromatic heterocycles. The van der Waals surface area contributed by atoms with Gasteiger partial charge in [-0.1, -0.05) is 6.42 Å². The topological polar surface area (TPSA) is 13.1 Å². The third-order valence-electron chi connectivity index (χ3n) is 2.15. The van der Waals surface area contributed by atoms with E-state index in [2.05, 4.69) is 19.6 Å². The van der Waals surface area contributed by atoms with Crippen molar-refractivity contribution in [3.8, 4) is 0 Å². The van der Waals surface area contributed by atoms with Crippen LogP contribution in [0.2, 0.25) is 0 Å². The molecule has 3 heteroatoms. The van der Waals surface area contributed by atoms with E-state index in [9.17, 15) is 0 Å². The number of hydrogen-bond donors (Lipinski definition) is 1. The van der Waals surface area contributed by atoms with Crippen LogP contribution in [0.4, 0.5) is 0 Å². The summed E-state index contributed by atoms with van der Waals surface area (Å²) in [5, 5.41) is 0. The Morgan fingerprint density at radius 2 is 2.21 bits per heavy atom. The molecule has 0 spiro atoms. The van der Waals surface area contributed by atoms with Gasteiger partial charge in [-0.15, -0.1) is 0 Å². The van der Waals surface area contributed by atoms with Gasteiger partial charge in [0.1, 0.15) is 5.76 Å². The zero-order valence-electron chi connectivity index (χ0n) is 8.66. The number of rotatable bonds is 7. The molecule has 0 aromatic carbocycles. The maximum absolute atomic E-state index is 5.36. The molecule has 0 saturated heterocycles. The molecule has 1 aromatic rings. The lowest BCUT2D eigenvalue weighted by molar-refractivity contribution is 0.528. The molecule has 1 heterocycles. The second kappa shape index (κ2) is 7.30. The number of unbranched alkanes of at least 4 members (excludes halogenated alkanes) is 2. The van der Waals surface area contributed by atoms with E-state index in [1.54, 1.807) is 6.26 Å². The van der Waals surface area contributed by atoms with Crippen LogP contribution in [0.25, 0.3) is 0 Å². The molecular formula is C11H18OS2. The Hall–Kier alpha value is -0.0200. The number of thiol groups is 1. The lowest BCUT2D eigenvalue weighted by Crippen LogP contribution is -1.85. The third kappa shape index (κ3) is 4.47. The van der Waals surface area contributed by atoms with Crippen LogP contribution in [-0.4, -0.2) is 11.5 Å². The maximum atomic E-state index is 5.36. The van der Waals surface area contributed by atoms with Crippen LogP contribution in [0.15, 0.2) is 16.7 Å². The van der Waals surface area contributed by atoms with E-state index in [1.165, 1.54) is 30.6 Å². The average Bonchev–Trinajstić information content (AvgIpc) is 2.58. The summed E-state index contributed by atoms with van der Waals surface area (Å²) in [6.07, 6.45) is 5.61. The molecule has 0 amide bonds. The first-order valence-corrected chi connectivity index (χ1v) is 6.85. The van der Waals surface area contributed by atoms with Crippen LogP contribution in [0.3, 0.4) is 0 Å². The predicted octanol–water partition coefficient (Wildman–Crippen LogP) is 3.92. The molecule has 0 atom stereocenters. The minimum atomic E-state index is 1.01. The summed E-state index contributed by atoms with van der Waals surface area (Å²) < 4.78 is 5.36. The second-order valence-electron chi connectivity index (χ2n) is 3.36. The van der Waals surface area contributed by atoms with Crippen molar-refractivity contribution in [2.45, 2.75) is 31.9 Å². The summed E-state index contributed by atoms with van der Waals surface area (Å²) in [4.78, 5) is 0. The molecule has 0 aliphatic carbocycles. The monoisotopic (exact) mass is 230 g/mol. The molecule has 14 heavy (non-hydrogen) atoms. The van der Waals surface area contributed by atoms with Gasteiger partial charge in [-0.3, -0.25) is 0 Å². The fourth-order valence-corrected chi connectivity index (χ4v) is 2.47. The quantitative estimate of drug-likeness (QED) is 0.563. The first-order chi connectivity index (χ1) is 6.84. The second-order valence-corrected chi connectivity index (χ2v) is 4.92.